The molecule has 0 aliphatic rings. The first-order valence-corrected chi connectivity index (χ1v) is 12.8. The monoisotopic (exact) mass is 556 g/mol. The summed E-state index contributed by atoms with van der Waals surface area (Å²) in [5.41, 5.74) is 7.36. The first kappa shape index (κ1) is 31.8. The van der Waals surface area contributed by atoms with Crippen molar-refractivity contribution in [1.82, 2.24) is 16.0 Å². The molecular weight excluding hydrogens is 520 g/mol. The molecular formula is C28H36N4O8. The van der Waals surface area contributed by atoms with Gasteiger partial charge in [0.25, 0.3) is 0 Å². The zero-order valence-corrected chi connectivity index (χ0v) is 22.4. The number of phenolic OH excluding ortho intramolecular Hbond substituents is 1. The minimum atomic E-state index is -1.60. The molecule has 0 aliphatic heterocycles. The Labute approximate surface area is 232 Å². The number of phenols is 1. The van der Waals surface area contributed by atoms with E-state index >= 15 is 0 Å². The highest BCUT2D eigenvalue weighted by atomic mass is 16.4. The number of rotatable bonds is 15. The number of aromatic hydroxyl groups is 1. The summed E-state index contributed by atoms with van der Waals surface area (Å²) >= 11 is 0. The van der Waals surface area contributed by atoms with Gasteiger partial charge in [-0.1, -0.05) is 62.7 Å². The molecule has 216 valence electrons. The second-order valence-electron chi connectivity index (χ2n) is 9.60. The molecule has 2 aromatic rings. The molecule has 0 saturated carbocycles. The molecule has 0 aromatic heterocycles. The SMILES string of the molecule is CCC(C)C(NC(=O)C(N)Cc1ccc(O)cc1)C(=O)NC(CC(=O)O)C(=O)NC(Cc1ccccc1)C(=O)O. The van der Waals surface area contributed by atoms with E-state index in [1.165, 1.54) is 12.1 Å². The Morgan fingerprint density at radius 1 is 0.775 bits per heavy atom. The Balaban J connectivity index is 2.14. The van der Waals surface area contributed by atoms with Crippen molar-refractivity contribution < 1.29 is 39.3 Å². The van der Waals surface area contributed by atoms with Gasteiger partial charge in [-0.25, -0.2) is 4.79 Å². The van der Waals surface area contributed by atoms with Crippen molar-refractivity contribution in [3.05, 3.63) is 65.7 Å². The molecule has 0 bridgehead atoms. The maximum atomic E-state index is 13.2. The van der Waals surface area contributed by atoms with Gasteiger partial charge in [0.1, 0.15) is 23.9 Å². The molecule has 2 rings (SSSR count). The Hall–Kier alpha value is -4.45. The molecule has 0 saturated heterocycles. The van der Waals surface area contributed by atoms with Crippen LogP contribution in [0, 0.1) is 5.92 Å². The van der Waals surface area contributed by atoms with Crippen LogP contribution in [0.1, 0.15) is 37.8 Å². The van der Waals surface area contributed by atoms with E-state index in [1.54, 1.807) is 56.3 Å². The lowest BCUT2D eigenvalue weighted by atomic mass is 9.96. The van der Waals surface area contributed by atoms with Gasteiger partial charge in [-0.2, -0.15) is 0 Å². The number of carboxylic acid groups (broad SMARTS) is 2. The molecule has 5 atom stereocenters. The zero-order valence-electron chi connectivity index (χ0n) is 22.4. The number of hydrogen-bond acceptors (Lipinski definition) is 7. The van der Waals surface area contributed by atoms with Gasteiger partial charge in [-0.15, -0.1) is 0 Å². The molecule has 0 spiro atoms. The number of amides is 3. The Morgan fingerprint density at radius 2 is 1.35 bits per heavy atom. The Bertz CT molecular complexity index is 1170. The molecule has 12 heteroatoms. The van der Waals surface area contributed by atoms with Gasteiger partial charge in [0.2, 0.25) is 17.7 Å². The maximum Gasteiger partial charge on any atom is 0.326 e. The summed E-state index contributed by atoms with van der Waals surface area (Å²) in [6.07, 6.45) is -0.278. The summed E-state index contributed by atoms with van der Waals surface area (Å²) in [5, 5.41) is 35.6. The first-order chi connectivity index (χ1) is 18.9. The summed E-state index contributed by atoms with van der Waals surface area (Å²) in [7, 11) is 0. The lowest BCUT2D eigenvalue weighted by molar-refractivity contribution is -0.143. The average Bonchev–Trinajstić information content (AvgIpc) is 2.91. The quantitative estimate of drug-likeness (QED) is 0.163. The maximum absolute atomic E-state index is 13.2. The average molecular weight is 557 g/mol. The van der Waals surface area contributed by atoms with Crippen LogP contribution in [0.3, 0.4) is 0 Å². The predicted molar refractivity (Wildman–Crippen MR) is 145 cm³/mol. The van der Waals surface area contributed by atoms with Gasteiger partial charge in [0, 0.05) is 6.42 Å². The molecule has 40 heavy (non-hydrogen) atoms. The second kappa shape index (κ2) is 15.2. The van der Waals surface area contributed by atoms with E-state index in [4.69, 9.17) is 5.73 Å². The third-order valence-electron chi connectivity index (χ3n) is 6.43. The van der Waals surface area contributed by atoms with Crippen LogP contribution in [0.4, 0.5) is 0 Å². The van der Waals surface area contributed by atoms with E-state index in [1.807, 2.05) is 0 Å². The largest absolute Gasteiger partial charge is 0.508 e. The zero-order chi connectivity index (χ0) is 29.8. The number of carboxylic acids is 2. The van der Waals surface area contributed by atoms with Gasteiger partial charge in [0.15, 0.2) is 0 Å². The van der Waals surface area contributed by atoms with E-state index in [-0.39, 0.29) is 18.6 Å². The minimum Gasteiger partial charge on any atom is -0.508 e. The van der Waals surface area contributed by atoms with Gasteiger partial charge in [-0.05, 0) is 35.6 Å². The van der Waals surface area contributed by atoms with E-state index in [0.29, 0.717) is 17.5 Å². The smallest absolute Gasteiger partial charge is 0.326 e. The van der Waals surface area contributed by atoms with Crippen LogP contribution < -0.4 is 21.7 Å². The number of nitrogens with one attached hydrogen (secondary N) is 3. The lowest BCUT2D eigenvalue weighted by Gasteiger charge is -2.27. The highest BCUT2D eigenvalue weighted by molar-refractivity contribution is 5.95. The highest BCUT2D eigenvalue weighted by Gasteiger charge is 2.33. The molecule has 0 fully saturated rings. The van der Waals surface area contributed by atoms with Crippen molar-refractivity contribution in [3.63, 3.8) is 0 Å². The van der Waals surface area contributed by atoms with Crippen molar-refractivity contribution in [2.24, 2.45) is 11.7 Å². The van der Waals surface area contributed by atoms with Crippen molar-refractivity contribution in [1.29, 1.82) is 0 Å². The van der Waals surface area contributed by atoms with Gasteiger partial charge >= 0.3 is 11.9 Å². The first-order valence-electron chi connectivity index (χ1n) is 12.8. The summed E-state index contributed by atoms with van der Waals surface area (Å²) in [5.74, 6) is -5.51. The number of carbonyl (C=O) groups is 5. The second-order valence-corrected chi connectivity index (χ2v) is 9.60. The number of hydrogen-bond donors (Lipinski definition) is 7. The van der Waals surface area contributed by atoms with E-state index in [9.17, 15) is 39.3 Å². The molecule has 0 aliphatic carbocycles. The highest BCUT2D eigenvalue weighted by Crippen LogP contribution is 2.13. The Morgan fingerprint density at radius 3 is 1.90 bits per heavy atom. The molecule has 8 N–H and O–H groups in total. The predicted octanol–water partition coefficient (Wildman–Crippen LogP) is 0.565. The van der Waals surface area contributed by atoms with E-state index in [0.717, 1.165) is 0 Å². The molecule has 12 nitrogen and oxygen atoms in total. The van der Waals surface area contributed by atoms with Crippen LogP contribution in [-0.2, 0) is 36.8 Å². The van der Waals surface area contributed by atoms with Gasteiger partial charge in [0.05, 0.1) is 12.5 Å². The van der Waals surface area contributed by atoms with E-state index in [2.05, 4.69) is 16.0 Å². The summed E-state index contributed by atoms with van der Waals surface area (Å²) in [4.78, 5) is 62.3. The van der Waals surface area contributed by atoms with Crippen LogP contribution >= 0.6 is 0 Å². The van der Waals surface area contributed by atoms with Crippen LogP contribution in [0.15, 0.2) is 54.6 Å². The third kappa shape index (κ3) is 10.0. The van der Waals surface area contributed by atoms with Gasteiger partial charge in [-0.3, -0.25) is 19.2 Å². The number of nitrogens with two attached hydrogens (primary N) is 1. The minimum absolute atomic E-state index is 0.0554. The topological polar surface area (TPSA) is 208 Å². The molecule has 5 unspecified atom stereocenters. The number of aliphatic carboxylic acids is 2. The van der Waals surface area contributed by atoms with Crippen molar-refractivity contribution in [3.8, 4) is 5.75 Å². The molecule has 0 heterocycles. The van der Waals surface area contributed by atoms with Crippen LogP contribution in [-0.4, -0.2) is 69.1 Å². The summed E-state index contributed by atoms with van der Waals surface area (Å²) in [6.45, 7) is 3.48. The normalized spacial score (nSPS) is 14.6. The van der Waals surface area contributed by atoms with Crippen molar-refractivity contribution >= 4 is 29.7 Å². The third-order valence-corrected chi connectivity index (χ3v) is 6.43. The van der Waals surface area contributed by atoms with Crippen LogP contribution in [0.2, 0.25) is 0 Å². The number of carbonyl (C=O) groups excluding carboxylic acids is 3. The molecule has 0 radical (unpaired) electrons. The fourth-order valence-electron chi connectivity index (χ4n) is 3.91. The standard InChI is InChI=1S/C28H36N4O8/c1-3-16(2)24(32-25(36)20(29)13-18-9-11-19(33)12-10-18)27(38)30-21(15-23(34)35)26(37)31-22(28(39)40)14-17-7-5-4-6-8-17/h4-12,16,20-22,24,33H,3,13-15,29H2,1-2H3,(H,30,38)(H,31,37)(H,32,36)(H,34,35)(H,39,40). The van der Waals surface area contributed by atoms with Crippen molar-refractivity contribution in [2.45, 2.75) is 63.7 Å². The summed E-state index contributed by atoms with van der Waals surface area (Å²) < 4.78 is 0. The summed E-state index contributed by atoms with van der Waals surface area (Å²) in [6, 6.07) is 9.53. The van der Waals surface area contributed by atoms with Gasteiger partial charge < -0.3 is 37.0 Å². The van der Waals surface area contributed by atoms with Crippen LogP contribution in [0.5, 0.6) is 5.75 Å². The van der Waals surface area contributed by atoms with Crippen molar-refractivity contribution in [2.75, 3.05) is 0 Å². The van der Waals surface area contributed by atoms with E-state index < -0.39 is 66.2 Å². The molecule has 2 aromatic carbocycles. The Kier molecular flexibility index (Phi) is 12.1. The lowest BCUT2D eigenvalue weighted by Crippen LogP contribution is -2.59. The molecule has 3 amide bonds. The van der Waals surface area contributed by atoms with Crippen LogP contribution in [0.25, 0.3) is 0 Å². The fourth-order valence-corrected chi connectivity index (χ4v) is 3.91. The fraction of sp³-hybridized carbons (Fsp3) is 0.393. The number of benzene rings is 2.